The van der Waals surface area contributed by atoms with Gasteiger partial charge in [-0.05, 0) is 30.2 Å². The van der Waals surface area contributed by atoms with Gasteiger partial charge in [0.15, 0.2) is 0 Å². The van der Waals surface area contributed by atoms with E-state index in [0.717, 1.165) is 31.2 Å². The van der Waals surface area contributed by atoms with Crippen LogP contribution < -0.4 is 10.6 Å². The Morgan fingerprint density at radius 3 is 2.40 bits per heavy atom. The Balaban J connectivity index is 1.98. The predicted octanol–water partition coefficient (Wildman–Crippen LogP) is 2.56. The molecule has 2 unspecified atom stereocenters. The van der Waals surface area contributed by atoms with Crippen molar-refractivity contribution in [2.75, 3.05) is 6.54 Å². The zero-order valence-electron chi connectivity index (χ0n) is 15.2. The molecule has 5 nitrogen and oxygen atoms in total. The molecule has 0 saturated heterocycles. The molecule has 1 aromatic rings. The van der Waals surface area contributed by atoms with Gasteiger partial charge in [-0.1, -0.05) is 57.0 Å². The van der Waals surface area contributed by atoms with Gasteiger partial charge >= 0.3 is 0 Å². The fourth-order valence-corrected chi connectivity index (χ4v) is 3.35. The molecule has 25 heavy (non-hydrogen) atoms. The molecule has 2 amide bonds. The molecule has 0 radical (unpaired) electrons. The van der Waals surface area contributed by atoms with Gasteiger partial charge in [0.05, 0.1) is 6.10 Å². The van der Waals surface area contributed by atoms with E-state index in [9.17, 15) is 14.7 Å². The van der Waals surface area contributed by atoms with Crippen molar-refractivity contribution in [3.05, 3.63) is 35.9 Å². The van der Waals surface area contributed by atoms with Crippen molar-refractivity contribution in [3.8, 4) is 0 Å². The van der Waals surface area contributed by atoms with Gasteiger partial charge in [0, 0.05) is 13.0 Å². The molecule has 1 saturated carbocycles. The van der Waals surface area contributed by atoms with Crippen LogP contribution in [0.4, 0.5) is 0 Å². The van der Waals surface area contributed by atoms with E-state index >= 15 is 0 Å². The lowest BCUT2D eigenvalue weighted by atomic mass is 10.0. The Morgan fingerprint density at radius 1 is 1.16 bits per heavy atom. The zero-order valence-corrected chi connectivity index (χ0v) is 15.2. The van der Waals surface area contributed by atoms with Crippen LogP contribution in [0.15, 0.2) is 30.3 Å². The summed E-state index contributed by atoms with van der Waals surface area (Å²) in [6.45, 7) is 4.16. The van der Waals surface area contributed by atoms with Crippen LogP contribution in [0.1, 0.15) is 57.6 Å². The van der Waals surface area contributed by atoms with Gasteiger partial charge in [0.1, 0.15) is 6.04 Å². The Morgan fingerprint density at radius 2 is 1.80 bits per heavy atom. The molecule has 138 valence electrons. The van der Waals surface area contributed by atoms with Crippen LogP contribution in [-0.2, 0) is 9.59 Å². The second-order valence-corrected chi connectivity index (χ2v) is 7.37. The van der Waals surface area contributed by atoms with Crippen molar-refractivity contribution in [2.45, 2.75) is 58.1 Å². The van der Waals surface area contributed by atoms with Crippen molar-refractivity contribution < 1.29 is 14.7 Å². The number of hydrogen-bond acceptors (Lipinski definition) is 3. The Labute approximate surface area is 150 Å². The molecule has 1 aliphatic rings. The summed E-state index contributed by atoms with van der Waals surface area (Å²) in [4.78, 5) is 24.8. The first kappa shape index (κ1) is 19.4. The minimum absolute atomic E-state index is 0.143. The topological polar surface area (TPSA) is 78.4 Å². The second-order valence-electron chi connectivity index (χ2n) is 7.37. The summed E-state index contributed by atoms with van der Waals surface area (Å²) < 4.78 is 0. The second kappa shape index (κ2) is 9.56. The summed E-state index contributed by atoms with van der Waals surface area (Å²) in [6, 6.07) is 8.48. The lowest BCUT2D eigenvalue weighted by Gasteiger charge is -2.22. The minimum Gasteiger partial charge on any atom is -0.391 e. The van der Waals surface area contributed by atoms with Crippen molar-refractivity contribution in [1.29, 1.82) is 0 Å². The third kappa shape index (κ3) is 6.16. The van der Waals surface area contributed by atoms with E-state index in [-0.39, 0.29) is 30.2 Å². The average molecular weight is 346 g/mol. The first-order chi connectivity index (χ1) is 12.0. The predicted molar refractivity (Wildman–Crippen MR) is 97.8 cm³/mol. The molecule has 0 heterocycles. The van der Waals surface area contributed by atoms with Crippen molar-refractivity contribution >= 4 is 11.8 Å². The standard InChI is InChI=1S/C20H30N2O3/c1-14(2)12-18(24)22-19(16-10-4-3-5-11-16)20(25)21-13-17(23)15-8-6-7-9-15/h3-5,10-11,14-15,17,19,23H,6-9,12-13H2,1-2H3,(H,21,25)(H,22,24). The SMILES string of the molecule is CC(C)CC(=O)NC(C(=O)NCC(O)C1CCCC1)c1ccccc1. The molecule has 0 bridgehead atoms. The molecule has 0 aromatic heterocycles. The number of carbonyl (C=O) groups is 2. The first-order valence-electron chi connectivity index (χ1n) is 9.27. The molecule has 2 rings (SSSR count). The highest BCUT2D eigenvalue weighted by atomic mass is 16.3. The van der Waals surface area contributed by atoms with Gasteiger partial charge in [-0.3, -0.25) is 9.59 Å². The molecule has 1 aromatic carbocycles. The van der Waals surface area contributed by atoms with Gasteiger partial charge in [-0.2, -0.15) is 0 Å². The maximum atomic E-state index is 12.6. The summed E-state index contributed by atoms with van der Waals surface area (Å²) in [6.07, 6.45) is 4.19. The Hall–Kier alpha value is -1.88. The van der Waals surface area contributed by atoms with E-state index < -0.39 is 12.1 Å². The van der Waals surface area contributed by atoms with Crippen LogP contribution in [0.25, 0.3) is 0 Å². The molecule has 3 N–H and O–H groups in total. The van der Waals surface area contributed by atoms with Crippen LogP contribution >= 0.6 is 0 Å². The van der Waals surface area contributed by atoms with Crippen LogP contribution in [-0.4, -0.2) is 29.6 Å². The number of aliphatic hydroxyl groups excluding tert-OH is 1. The smallest absolute Gasteiger partial charge is 0.247 e. The quantitative estimate of drug-likeness (QED) is 0.677. The number of nitrogens with one attached hydrogen (secondary N) is 2. The number of carbonyl (C=O) groups excluding carboxylic acids is 2. The minimum atomic E-state index is -0.733. The highest BCUT2D eigenvalue weighted by molar-refractivity contribution is 5.88. The molecule has 0 aliphatic heterocycles. The Kier molecular flexibility index (Phi) is 7.44. The summed E-state index contributed by atoms with van der Waals surface area (Å²) >= 11 is 0. The highest BCUT2D eigenvalue weighted by Crippen LogP contribution is 2.27. The van der Waals surface area contributed by atoms with E-state index in [2.05, 4.69) is 10.6 Å². The van der Waals surface area contributed by atoms with E-state index in [4.69, 9.17) is 0 Å². The fourth-order valence-electron chi connectivity index (χ4n) is 3.35. The Bertz CT molecular complexity index is 553. The largest absolute Gasteiger partial charge is 0.391 e. The summed E-state index contributed by atoms with van der Waals surface area (Å²) in [7, 11) is 0. The van der Waals surface area contributed by atoms with Crippen LogP contribution in [0.3, 0.4) is 0 Å². The van der Waals surface area contributed by atoms with Crippen LogP contribution in [0.5, 0.6) is 0 Å². The van der Waals surface area contributed by atoms with Gasteiger partial charge in [-0.25, -0.2) is 0 Å². The lowest BCUT2D eigenvalue weighted by molar-refractivity contribution is -0.129. The third-order valence-electron chi connectivity index (χ3n) is 4.72. The molecule has 1 fully saturated rings. The number of benzene rings is 1. The van der Waals surface area contributed by atoms with Gasteiger partial charge in [0.2, 0.25) is 11.8 Å². The third-order valence-corrected chi connectivity index (χ3v) is 4.72. The van der Waals surface area contributed by atoms with E-state index in [1.165, 1.54) is 0 Å². The summed E-state index contributed by atoms with van der Waals surface area (Å²) in [5.74, 6) is 0.0744. The average Bonchev–Trinajstić information content (AvgIpc) is 3.12. The van der Waals surface area contributed by atoms with E-state index in [0.29, 0.717) is 6.42 Å². The van der Waals surface area contributed by atoms with E-state index in [1.807, 2.05) is 44.2 Å². The molecule has 0 spiro atoms. The van der Waals surface area contributed by atoms with Crippen molar-refractivity contribution in [3.63, 3.8) is 0 Å². The lowest BCUT2D eigenvalue weighted by Crippen LogP contribution is -2.44. The number of amides is 2. The van der Waals surface area contributed by atoms with Crippen molar-refractivity contribution in [1.82, 2.24) is 10.6 Å². The molecule has 2 atom stereocenters. The number of aliphatic hydroxyl groups is 1. The van der Waals surface area contributed by atoms with Crippen LogP contribution in [0.2, 0.25) is 0 Å². The maximum absolute atomic E-state index is 12.6. The first-order valence-corrected chi connectivity index (χ1v) is 9.27. The fraction of sp³-hybridized carbons (Fsp3) is 0.600. The van der Waals surface area contributed by atoms with E-state index in [1.54, 1.807) is 0 Å². The van der Waals surface area contributed by atoms with Crippen LogP contribution in [0, 0.1) is 11.8 Å². The highest BCUT2D eigenvalue weighted by Gasteiger charge is 2.26. The summed E-state index contributed by atoms with van der Waals surface area (Å²) in [5, 5.41) is 15.9. The summed E-state index contributed by atoms with van der Waals surface area (Å²) in [5.41, 5.74) is 0.743. The zero-order chi connectivity index (χ0) is 18.2. The van der Waals surface area contributed by atoms with Gasteiger partial charge < -0.3 is 15.7 Å². The number of hydrogen-bond donors (Lipinski definition) is 3. The molecular formula is C20H30N2O3. The number of rotatable bonds is 8. The monoisotopic (exact) mass is 346 g/mol. The normalized spacial score (nSPS) is 17.3. The molecule has 5 heteroatoms. The molecular weight excluding hydrogens is 316 g/mol. The molecule has 1 aliphatic carbocycles. The van der Waals surface area contributed by atoms with Gasteiger partial charge in [-0.15, -0.1) is 0 Å². The van der Waals surface area contributed by atoms with Gasteiger partial charge in [0.25, 0.3) is 0 Å². The van der Waals surface area contributed by atoms with Crippen molar-refractivity contribution in [2.24, 2.45) is 11.8 Å². The maximum Gasteiger partial charge on any atom is 0.247 e.